The van der Waals surface area contributed by atoms with Crippen LogP contribution in [0.1, 0.15) is 63.1 Å². The molecular formula is C26H33F. The quantitative estimate of drug-likeness (QED) is 0.377. The van der Waals surface area contributed by atoms with Crippen LogP contribution in [0.15, 0.2) is 66.8 Å². The lowest BCUT2D eigenvalue weighted by molar-refractivity contribution is 0.609. The molecule has 0 nitrogen and oxygen atoms in total. The number of aryl methyl sites for hydroxylation is 1. The van der Waals surface area contributed by atoms with Gasteiger partial charge in [0.2, 0.25) is 0 Å². The fourth-order valence-electron chi connectivity index (χ4n) is 3.44. The monoisotopic (exact) mass is 364 g/mol. The first-order chi connectivity index (χ1) is 13.0. The van der Waals surface area contributed by atoms with Crippen LogP contribution in [-0.4, -0.2) is 0 Å². The third-order valence-electron chi connectivity index (χ3n) is 5.34. The van der Waals surface area contributed by atoms with E-state index < -0.39 is 0 Å². The number of hydrogen-bond donors (Lipinski definition) is 0. The van der Waals surface area contributed by atoms with Crippen molar-refractivity contribution in [1.29, 1.82) is 0 Å². The number of rotatable bonds is 10. The minimum Gasteiger partial charge on any atom is -0.206 e. The molecule has 2 rings (SSSR count). The van der Waals surface area contributed by atoms with Crippen molar-refractivity contribution in [2.24, 2.45) is 5.92 Å². The summed E-state index contributed by atoms with van der Waals surface area (Å²) < 4.78 is 14.7. The van der Waals surface area contributed by atoms with Crippen LogP contribution >= 0.6 is 0 Å². The van der Waals surface area contributed by atoms with Gasteiger partial charge in [-0.2, -0.15) is 0 Å². The van der Waals surface area contributed by atoms with E-state index in [2.05, 4.69) is 50.8 Å². The molecule has 144 valence electrons. The molecule has 0 aliphatic heterocycles. The summed E-state index contributed by atoms with van der Waals surface area (Å²) in [7, 11) is 0. The Morgan fingerprint density at radius 3 is 2.44 bits per heavy atom. The van der Waals surface area contributed by atoms with Crippen LogP contribution < -0.4 is 0 Å². The fourth-order valence-corrected chi connectivity index (χ4v) is 3.44. The Bertz CT molecular complexity index is 755. The average molecular weight is 365 g/mol. The van der Waals surface area contributed by atoms with E-state index in [0.29, 0.717) is 5.92 Å². The van der Waals surface area contributed by atoms with Gasteiger partial charge in [0.25, 0.3) is 0 Å². The summed E-state index contributed by atoms with van der Waals surface area (Å²) >= 11 is 0. The van der Waals surface area contributed by atoms with Gasteiger partial charge < -0.3 is 0 Å². The smallest absolute Gasteiger partial charge is 0.130 e. The van der Waals surface area contributed by atoms with Crippen molar-refractivity contribution < 1.29 is 4.39 Å². The van der Waals surface area contributed by atoms with E-state index in [-0.39, 0.29) is 5.82 Å². The Kier molecular flexibility index (Phi) is 8.51. The molecule has 1 atom stereocenters. The lowest BCUT2D eigenvalue weighted by Crippen LogP contribution is -2.05. The summed E-state index contributed by atoms with van der Waals surface area (Å²) in [5.74, 6) is 0.249. The molecule has 0 amide bonds. The molecule has 0 N–H and O–H groups in total. The average Bonchev–Trinajstić information content (AvgIpc) is 2.68. The molecule has 1 unspecified atom stereocenters. The summed E-state index contributed by atoms with van der Waals surface area (Å²) in [6.07, 6.45) is 8.03. The van der Waals surface area contributed by atoms with Gasteiger partial charge in [-0.1, -0.05) is 81.0 Å². The van der Waals surface area contributed by atoms with E-state index in [4.69, 9.17) is 0 Å². The predicted octanol–water partition coefficient (Wildman–Crippen LogP) is 7.79. The zero-order valence-electron chi connectivity index (χ0n) is 17.1. The Labute approximate surface area is 164 Å². The summed E-state index contributed by atoms with van der Waals surface area (Å²) in [6.45, 7) is 10.6. The highest BCUT2D eigenvalue weighted by Crippen LogP contribution is 2.26. The highest BCUT2D eigenvalue weighted by Gasteiger charge is 2.12. The van der Waals surface area contributed by atoms with Gasteiger partial charge in [0.1, 0.15) is 5.82 Å². The lowest BCUT2D eigenvalue weighted by Gasteiger charge is -2.16. The normalized spacial score (nSPS) is 12.8. The molecule has 0 bridgehead atoms. The van der Waals surface area contributed by atoms with Gasteiger partial charge in [0.05, 0.1) is 0 Å². The molecule has 0 heterocycles. The number of unbranched alkanes of at least 4 members (excludes halogenated alkanes) is 1. The molecule has 0 aromatic heterocycles. The number of allylic oxidation sites excluding steroid dienone is 3. The Morgan fingerprint density at radius 2 is 1.81 bits per heavy atom. The van der Waals surface area contributed by atoms with E-state index in [9.17, 15) is 4.39 Å². The molecule has 27 heavy (non-hydrogen) atoms. The van der Waals surface area contributed by atoms with Crippen molar-refractivity contribution in [3.63, 3.8) is 0 Å². The first-order valence-corrected chi connectivity index (χ1v) is 10.2. The Hall–Kier alpha value is -2.15. The standard InChI is InChI=1S/C26H33F/c1-5-7-13-24(6-2)25-17-16-23(19-26(25)27)18-21(4)20(3)14-15-22-11-9-8-10-12-22/h6,8-12,16-17,19,21H,3,5,7,13-15,18H2,1-2,4H3/b24-6+. The molecule has 1 heteroatoms. The minimum atomic E-state index is -0.0983. The number of hydrogen-bond acceptors (Lipinski definition) is 0. The van der Waals surface area contributed by atoms with Gasteiger partial charge in [-0.05, 0) is 67.7 Å². The molecule has 0 saturated carbocycles. The second-order valence-corrected chi connectivity index (χ2v) is 7.48. The molecule has 0 saturated heterocycles. The van der Waals surface area contributed by atoms with Gasteiger partial charge in [-0.15, -0.1) is 0 Å². The molecule has 0 radical (unpaired) electrons. The number of benzene rings is 2. The fraction of sp³-hybridized carbons (Fsp3) is 0.385. The van der Waals surface area contributed by atoms with Crippen molar-refractivity contribution in [3.05, 3.63) is 89.3 Å². The zero-order valence-corrected chi connectivity index (χ0v) is 17.1. The van der Waals surface area contributed by atoms with Crippen LogP contribution in [0.2, 0.25) is 0 Å². The summed E-state index contributed by atoms with van der Waals surface area (Å²) in [4.78, 5) is 0. The maximum atomic E-state index is 14.7. The lowest BCUT2D eigenvalue weighted by atomic mass is 9.89. The van der Waals surface area contributed by atoms with Crippen molar-refractivity contribution in [3.8, 4) is 0 Å². The molecule has 0 fully saturated rings. The third kappa shape index (κ3) is 6.50. The summed E-state index contributed by atoms with van der Waals surface area (Å²) in [5.41, 5.74) is 5.50. The first-order valence-electron chi connectivity index (χ1n) is 10.2. The van der Waals surface area contributed by atoms with Crippen LogP contribution in [0.4, 0.5) is 4.39 Å². The second-order valence-electron chi connectivity index (χ2n) is 7.48. The Morgan fingerprint density at radius 1 is 1.07 bits per heavy atom. The van der Waals surface area contributed by atoms with Crippen molar-refractivity contribution in [2.45, 2.75) is 59.3 Å². The van der Waals surface area contributed by atoms with Crippen molar-refractivity contribution >= 4 is 5.57 Å². The van der Waals surface area contributed by atoms with Gasteiger partial charge in [-0.25, -0.2) is 4.39 Å². The summed E-state index contributed by atoms with van der Waals surface area (Å²) in [6, 6.07) is 16.2. The maximum Gasteiger partial charge on any atom is 0.130 e. The first kappa shape index (κ1) is 21.2. The molecule has 0 spiro atoms. The Balaban J connectivity index is 1.96. The molecule has 2 aromatic carbocycles. The van der Waals surface area contributed by atoms with Crippen molar-refractivity contribution in [2.75, 3.05) is 0 Å². The largest absolute Gasteiger partial charge is 0.206 e. The predicted molar refractivity (Wildman–Crippen MR) is 116 cm³/mol. The van der Waals surface area contributed by atoms with Gasteiger partial charge in [0, 0.05) is 5.56 Å². The molecule has 0 aliphatic rings. The van der Waals surface area contributed by atoms with E-state index in [0.717, 1.165) is 55.2 Å². The van der Waals surface area contributed by atoms with Crippen LogP contribution in [0.25, 0.3) is 5.57 Å². The number of halogens is 1. The van der Waals surface area contributed by atoms with E-state index >= 15 is 0 Å². The van der Waals surface area contributed by atoms with Crippen LogP contribution in [0, 0.1) is 11.7 Å². The van der Waals surface area contributed by atoms with Crippen LogP contribution in [0.3, 0.4) is 0 Å². The van der Waals surface area contributed by atoms with Gasteiger partial charge in [0.15, 0.2) is 0 Å². The van der Waals surface area contributed by atoms with Gasteiger partial charge >= 0.3 is 0 Å². The zero-order chi connectivity index (χ0) is 19.6. The van der Waals surface area contributed by atoms with Gasteiger partial charge in [-0.3, -0.25) is 0 Å². The molecular weight excluding hydrogens is 331 g/mol. The third-order valence-corrected chi connectivity index (χ3v) is 5.34. The molecule has 0 aliphatic carbocycles. The van der Waals surface area contributed by atoms with Crippen LogP contribution in [-0.2, 0) is 12.8 Å². The maximum absolute atomic E-state index is 14.7. The highest BCUT2D eigenvalue weighted by molar-refractivity contribution is 5.66. The SMILES string of the molecule is C=C(CCc1ccccc1)C(C)Cc1ccc(/C(=C/C)CCCC)c(F)c1. The van der Waals surface area contributed by atoms with Crippen molar-refractivity contribution in [1.82, 2.24) is 0 Å². The molecule has 2 aromatic rings. The van der Waals surface area contributed by atoms with E-state index in [1.807, 2.05) is 25.1 Å². The highest BCUT2D eigenvalue weighted by atomic mass is 19.1. The van der Waals surface area contributed by atoms with E-state index in [1.54, 1.807) is 6.07 Å². The topological polar surface area (TPSA) is 0 Å². The second kappa shape index (κ2) is 10.9. The summed E-state index contributed by atoms with van der Waals surface area (Å²) in [5, 5.41) is 0. The van der Waals surface area contributed by atoms with E-state index in [1.165, 1.54) is 11.1 Å². The minimum absolute atomic E-state index is 0.0983. The van der Waals surface area contributed by atoms with Crippen LogP contribution in [0.5, 0.6) is 0 Å².